The van der Waals surface area contributed by atoms with Crippen LogP contribution < -0.4 is 5.73 Å². The summed E-state index contributed by atoms with van der Waals surface area (Å²) in [5.41, 5.74) is 6.75. The zero-order chi connectivity index (χ0) is 15.4. The third kappa shape index (κ3) is 4.79. The van der Waals surface area contributed by atoms with Crippen molar-refractivity contribution in [3.63, 3.8) is 0 Å². The Balaban J connectivity index is 0.00000192. The van der Waals surface area contributed by atoms with Crippen LogP contribution in [0.3, 0.4) is 0 Å². The van der Waals surface area contributed by atoms with Crippen LogP contribution in [0.4, 0.5) is 0 Å². The van der Waals surface area contributed by atoms with E-state index in [1.54, 1.807) is 12.1 Å². The number of morpholine rings is 1. The predicted octanol–water partition coefficient (Wildman–Crippen LogP) is 2.15. The molecular weight excluding hydrogens is 433 g/mol. The Morgan fingerprint density at radius 2 is 2.13 bits per heavy atom. The van der Waals surface area contributed by atoms with E-state index in [9.17, 15) is 0 Å². The number of guanidine groups is 1. The number of rotatable bonds is 3. The molecule has 1 fully saturated rings. The number of nitrogens with zero attached hydrogens (tertiary/aromatic N) is 4. The largest absolute Gasteiger partial charge is 0.378 e. The molecule has 2 heterocycles. The van der Waals surface area contributed by atoms with Crippen molar-refractivity contribution in [3.8, 4) is 11.4 Å². The van der Waals surface area contributed by atoms with Gasteiger partial charge in [0.1, 0.15) is 6.54 Å². The highest BCUT2D eigenvalue weighted by Gasteiger charge is 2.13. The monoisotopic (exact) mass is 449 g/mol. The maximum atomic E-state index is 5.95. The number of aromatic nitrogens is 2. The lowest BCUT2D eigenvalue weighted by molar-refractivity contribution is 0.0674. The third-order valence-corrected chi connectivity index (χ3v) is 3.50. The summed E-state index contributed by atoms with van der Waals surface area (Å²) >= 11 is 5.95. The van der Waals surface area contributed by atoms with Crippen LogP contribution >= 0.6 is 35.6 Å². The molecule has 1 aliphatic heterocycles. The minimum Gasteiger partial charge on any atom is -0.378 e. The van der Waals surface area contributed by atoms with Gasteiger partial charge in [-0.25, -0.2) is 4.99 Å². The molecule has 0 atom stereocenters. The quantitative estimate of drug-likeness (QED) is 0.439. The van der Waals surface area contributed by atoms with Crippen molar-refractivity contribution in [2.75, 3.05) is 26.3 Å². The molecule has 3 rings (SSSR count). The molecule has 0 radical (unpaired) electrons. The van der Waals surface area contributed by atoms with E-state index >= 15 is 0 Å². The number of halogens is 2. The molecule has 0 amide bonds. The van der Waals surface area contributed by atoms with E-state index in [2.05, 4.69) is 15.1 Å². The highest BCUT2D eigenvalue weighted by Crippen LogP contribution is 2.20. The number of ether oxygens (including phenoxy) is 1. The molecule has 7 nitrogen and oxygen atoms in total. The Labute approximate surface area is 155 Å². The minimum atomic E-state index is 0. The van der Waals surface area contributed by atoms with E-state index in [1.807, 2.05) is 17.0 Å². The molecule has 2 N–H and O–H groups in total. The lowest BCUT2D eigenvalue weighted by atomic mass is 10.2. The molecule has 0 spiro atoms. The Morgan fingerprint density at radius 1 is 1.35 bits per heavy atom. The molecule has 0 saturated carbocycles. The van der Waals surface area contributed by atoms with Crippen LogP contribution in [0.15, 0.2) is 33.8 Å². The minimum absolute atomic E-state index is 0. The van der Waals surface area contributed by atoms with Gasteiger partial charge in [0, 0.05) is 23.7 Å². The fourth-order valence-corrected chi connectivity index (χ4v) is 2.30. The number of aliphatic imine (C=N–C) groups is 1. The Kier molecular flexibility index (Phi) is 6.60. The first kappa shape index (κ1) is 18.0. The van der Waals surface area contributed by atoms with Crippen molar-refractivity contribution in [3.05, 3.63) is 35.2 Å². The smallest absolute Gasteiger partial charge is 0.248 e. The molecule has 9 heteroatoms. The van der Waals surface area contributed by atoms with Crippen LogP contribution in [-0.2, 0) is 11.3 Å². The number of benzene rings is 1. The van der Waals surface area contributed by atoms with Crippen molar-refractivity contribution in [2.45, 2.75) is 6.54 Å². The van der Waals surface area contributed by atoms with Gasteiger partial charge in [-0.2, -0.15) is 4.98 Å². The summed E-state index contributed by atoms with van der Waals surface area (Å²) in [6, 6.07) is 7.27. The van der Waals surface area contributed by atoms with E-state index in [-0.39, 0.29) is 30.5 Å². The highest BCUT2D eigenvalue weighted by atomic mass is 127. The van der Waals surface area contributed by atoms with Gasteiger partial charge in [-0.1, -0.05) is 28.9 Å². The Hall–Kier alpha value is -1.39. The molecule has 0 aliphatic carbocycles. The standard InChI is InChI=1S/C14H16ClN5O2.HI/c15-11-3-1-2-10(8-11)13-18-12(22-19-13)9-17-14(16)20-4-6-21-7-5-20;/h1-3,8H,4-7,9H2,(H2,16,17);1H. The second-order valence-corrected chi connectivity index (χ2v) is 5.23. The van der Waals surface area contributed by atoms with E-state index in [0.29, 0.717) is 35.9 Å². The zero-order valence-electron chi connectivity index (χ0n) is 12.3. The summed E-state index contributed by atoms with van der Waals surface area (Å²) in [5, 5.41) is 4.55. The molecule has 1 saturated heterocycles. The number of hydrogen-bond acceptors (Lipinski definition) is 5. The number of nitrogens with two attached hydrogens (primary N) is 1. The van der Waals surface area contributed by atoms with Gasteiger partial charge in [-0.05, 0) is 12.1 Å². The van der Waals surface area contributed by atoms with Gasteiger partial charge in [-0.3, -0.25) is 0 Å². The summed E-state index contributed by atoms with van der Waals surface area (Å²) < 4.78 is 10.5. The van der Waals surface area contributed by atoms with Crippen LogP contribution in [-0.4, -0.2) is 47.3 Å². The van der Waals surface area contributed by atoms with Crippen molar-refractivity contribution in [1.29, 1.82) is 0 Å². The third-order valence-electron chi connectivity index (χ3n) is 3.26. The van der Waals surface area contributed by atoms with Crippen molar-refractivity contribution in [1.82, 2.24) is 15.0 Å². The van der Waals surface area contributed by atoms with Crippen molar-refractivity contribution in [2.24, 2.45) is 10.7 Å². The van der Waals surface area contributed by atoms with Gasteiger partial charge in [0.05, 0.1) is 13.2 Å². The second kappa shape index (κ2) is 8.46. The molecule has 0 unspecified atom stereocenters. The molecule has 2 aromatic rings. The summed E-state index contributed by atoms with van der Waals surface area (Å²) in [6.45, 7) is 3.06. The van der Waals surface area contributed by atoms with E-state index < -0.39 is 0 Å². The van der Waals surface area contributed by atoms with Crippen LogP contribution in [0.1, 0.15) is 5.89 Å². The average Bonchev–Trinajstić information content (AvgIpc) is 3.02. The van der Waals surface area contributed by atoms with Gasteiger partial charge in [0.15, 0.2) is 5.96 Å². The van der Waals surface area contributed by atoms with Crippen LogP contribution in [0.5, 0.6) is 0 Å². The van der Waals surface area contributed by atoms with Gasteiger partial charge < -0.3 is 19.9 Å². The van der Waals surface area contributed by atoms with Gasteiger partial charge in [0.25, 0.3) is 0 Å². The molecule has 0 bridgehead atoms. The van der Waals surface area contributed by atoms with Gasteiger partial charge >= 0.3 is 0 Å². The van der Waals surface area contributed by atoms with E-state index in [0.717, 1.165) is 18.7 Å². The lowest BCUT2D eigenvalue weighted by Gasteiger charge is -2.27. The van der Waals surface area contributed by atoms with Crippen molar-refractivity contribution < 1.29 is 9.26 Å². The maximum absolute atomic E-state index is 5.95. The Morgan fingerprint density at radius 3 is 2.87 bits per heavy atom. The summed E-state index contributed by atoms with van der Waals surface area (Å²) in [6.07, 6.45) is 0. The van der Waals surface area contributed by atoms with Gasteiger partial charge in [-0.15, -0.1) is 24.0 Å². The summed E-state index contributed by atoms with van der Waals surface area (Å²) in [4.78, 5) is 10.6. The molecule has 23 heavy (non-hydrogen) atoms. The topological polar surface area (TPSA) is 89.8 Å². The normalized spacial score (nSPS) is 15.3. The van der Waals surface area contributed by atoms with Crippen LogP contribution in [0.2, 0.25) is 5.02 Å². The van der Waals surface area contributed by atoms with Crippen molar-refractivity contribution >= 4 is 41.5 Å². The molecule has 1 aromatic carbocycles. The lowest BCUT2D eigenvalue weighted by Crippen LogP contribution is -2.44. The average molecular weight is 450 g/mol. The zero-order valence-corrected chi connectivity index (χ0v) is 15.4. The first-order valence-electron chi connectivity index (χ1n) is 6.93. The van der Waals surface area contributed by atoms with E-state index in [4.69, 9.17) is 26.6 Å². The fourth-order valence-electron chi connectivity index (χ4n) is 2.10. The first-order valence-corrected chi connectivity index (χ1v) is 7.31. The highest BCUT2D eigenvalue weighted by molar-refractivity contribution is 14.0. The number of hydrogen-bond donors (Lipinski definition) is 1. The maximum Gasteiger partial charge on any atom is 0.248 e. The molecule has 1 aromatic heterocycles. The second-order valence-electron chi connectivity index (χ2n) is 4.80. The molecule has 1 aliphatic rings. The fraction of sp³-hybridized carbons (Fsp3) is 0.357. The molecular formula is C14H17ClIN5O2. The molecule has 124 valence electrons. The van der Waals surface area contributed by atoms with Crippen LogP contribution in [0.25, 0.3) is 11.4 Å². The summed E-state index contributed by atoms with van der Waals surface area (Å²) in [5.74, 6) is 1.36. The SMILES string of the molecule is I.NC(=NCc1nc(-c2cccc(Cl)c2)no1)N1CCOCC1. The summed E-state index contributed by atoms with van der Waals surface area (Å²) in [7, 11) is 0. The predicted molar refractivity (Wildman–Crippen MR) is 97.9 cm³/mol. The Bertz CT molecular complexity index is 673. The van der Waals surface area contributed by atoms with Crippen LogP contribution in [0, 0.1) is 0 Å². The first-order chi connectivity index (χ1) is 10.7. The van der Waals surface area contributed by atoms with Gasteiger partial charge in [0.2, 0.25) is 11.7 Å². The van der Waals surface area contributed by atoms with E-state index in [1.165, 1.54) is 0 Å².